The molecule has 65 heavy (non-hydrogen) atoms. The number of carbonyl (C=O) groups is 5. The minimum Gasteiger partial charge on any atom is -0.491 e. The number of aliphatic hydroxyl groups is 1. The van der Waals surface area contributed by atoms with Crippen LogP contribution in [0.1, 0.15) is 60.6 Å². The van der Waals surface area contributed by atoms with Crippen molar-refractivity contribution in [1.29, 1.82) is 0 Å². The lowest BCUT2D eigenvalue weighted by molar-refractivity contribution is -0.138. The number of fused-ring (bicyclic) bond motifs is 2. The molecule has 4 heterocycles. The molecule has 19 heteroatoms. The van der Waals surface area contributed by atoms with Gasteiger partial charge in [-0.05, 0) is 78.2 Å². The number of piperidine rings is 1. The Bertz CT molecular complexity index is 2590. The summed E-state index contributed by atoms with van der Waals surface area (Å²) in [5.74, 6) is -2.50. The van der Waals surface area contributed by atoms with Gasteiger partial charge in [0.05, 0.1) is 60.8 Å². The molecule has 340 valence electrons. The molecule has 16 nitrogen and oxygen atoms in total. The van der Waals surface area contributed by atoms with Gasteiger partial charge < -0.3 is 19.3 Å². The summed E-state index contributed by atoms with van der Waals surface area (Å²) in [4.78, 5) is 73.3. The van der Waals surface area contributed by atoms with Crippen LogP contribution in [0.25, 0.3) is 16.7 Å². The quantitative estimate of drug-likeness (QED) is 0.0884. The fourth-order valence-electron chi connectivity index (χ4n) is 8.03. The van der Waals surface area contributed by atoms with Gasteiger partial charge in [-0.25, -0.2) is 4.98 Å². The van der Waals surface area contributed by atoms with Gasteiger partial charge in [-0.2, -0.15) is 13.2 Å². The van der Waals surface area contributed by atoms with E-state index in [0.717, 1.165) is 55.3 Å². The SMILES string of the molecule is O=C1CCC(N2C(=O)c3ccc(OCCOCCOCCN4CCN(Cc5ccc6c(c5)nc(NC(=O)c5cccc(C(F)(F)F)c5)n6-c5ccc(CO)cc5)CC4)cc3C2=O)C(=O)N1. The van der Waals surface area contributed by atoms with E-state index in [4.69, 9.17) is 19.2 Å². The van der Waals surface area contributed by atoms with Crippen LogP contribution in [0.2, 0.25) is 0 Å². The van der Waals surface area contributed by atoms with Crippen molar-refractivity contribution in [1.82, 2.24) is 29.6 Å². The first-order valence-electron chi connectivity index (χ1n) is 21.1. The van der Waals surface area contributed by atoms with Gasteiger partial charge in [-0.15, -0.1) is 0 Å². The molecular weight excluding hydrogens is 852 g/mol. The number of hydrogen-bond donors (Lipinski definition) is 3. The highest BCUT2D eigenvalue weighted by atomic mass is 19.4. The van der Waals surface area contributed by atoms with E-state index in [2.05, 4.69) is 20.4 Å². The number of anilines is 1. The van der Waals surface area contributed by atoms with E-state index in [-0.39, 0.29) is 55.3 Å². The van der Waals surface area contributed by atoms with Crippen LogP contribution in [-0.4, -0.2) is 131 Å². The van der Waals surface area contributed by atoms with Crippen LogP contribution in [0, 0.1) is 0 Å². The molecule has 3 aliphatic rings. The van der Waals surface area contributed by atoms with Gasteiger partial charge in [-0.1, -0.05) is 24.3 Å². The standard InChI is InChI=1S/C46H46F3N7O9/c47-46(48,49)32-3-1-2-31(25-32)41(59)52-45-50-37-24-30(6-11-38(37)55(45)33-7-4-29(28-57)5-8-33)27-54-16-14-53(15-17-54)18-19-63-20-21-64-22-23-65-34-9-10-35-36(26-34)44(62)56(43(35)61)39-12-13-40(58)51-42(39)60/h1-11,24-26,39,57H,12-23,27-28H2,(H,50,52,59)(H,51,58,60). The summed E-state index contributed by atoms with van der Waals surface area (Å²) < 4.78 is 59.1. The van der Waals surface area contributed by atoms with Crippen LogP contribution in [-0.2, 0) is 38.4 Å². The number of imidazole rings is 1. The Hall–Kier alpha value is -6.51. The minimum atomic E-state index is -4.60. The van der Waals surface area contributed by atoms with Crippen LogP contribution >= 0.6 is 0 Å². The maximum atomic E-state index is 13.4. The number of amides is 5. The monoisotopic (exact) mass is 897 g/mol. The zero-order valence-electron chi connectivity index (χ0n) is 35.1. The normalized spacial score (nSPS) is 17.2. The van der Waals surface area contributed by atoms with E-state index in [1.54, 1.807) is 34.9 Å². The second-order valence-corrected chi connectivity index (χ2v) is 15.8. The second-order valence-electron chi connectivity index (χ2n) is 15.8. The minimum absolute atomic E-state index is 0.0440. The van der Waals surface area contributed by atoms with Crippen molar-refractivity contribution < 1.29 is 56.5 Å². The van der Waals surface area contributed by atoms with Gasteiger partial charge in [0.15, 0.2) is 0 Å². The van der Waals surface area contributed by atoms with Gasteiger partial charge >= 0.3 is 6.18 Å². The molecule has 3 aliphatic heterocycles. The molecule has 0 saturated carbocycles. The molecular formula is C46H46F3N7O9. The smallest absolute Gasteiger partial charge is 0.416 e. The van der Waals surface area contributed by atoms with Gasteiger partial charge in [-0.3, -0.25) is 53.9 Å². The molecule has 5 amide bonds. The van der Waals surface area contributed by atoms with Gasteiger partial charge in [0, 0.05) is 56.9 Å². The van der Waals surface area contributed by atoms with E-state index in [9.17, 15) is 42.3 Å². The van der Waals surface area contributed by atoms with Crippen molar-refractivity contribution in [3.05, 3.63) is 118 Å². The number of aromatic nitrogens is 2. The maximum Gasteiger partial charge on any atom is 0.416 e. The molecule has 1 unspecified atom stereocenters. The number of halogens is 3. The fraction of sp³-hybridized carbons (Fsp3) is 0.348. The average Bonchev–Trinajstić information content (AvgIpc) is 3.77. The number of hydrogen-bond acceptors (Lipinski definition) is 12. The summed E-state index contributed by atoms with van der Waals surface area (Å²) in [5, 5.41) is 14.5. The number of nitrogens with zero attached hydrogens (tertiary/aromatic N) is 5. The van der Waals surface area contributed by atoms with Crippen LogP contribution in [0.15, 0.2) is 84.9 Å². The molecule has 2 saturated heterocycles. The fourth-order valence-corrected chi connectivity index (χ4v) is 8.03. The molecule has 8 rings (SSSR count). The van der Waals surface area contributed by atoms with Gasteiger partial charge in [0.2, 0.25) is 17.8 Å². The first kappa shape index (κ1) is 45.1. The number of aliphatic hydroxyl groups excluding tert-OH is 1. The highest BCUT2D eigenvalue weighted by Crippen LogP contribution is 2.32. The van der Waals surface area contributed by atoms with Crippen LogP contribution < -0.4 is 15.4 Å². The second kappa shape index (κ2) is 19.7. The zero-order valence-corrected chi connectivity index (χ0v) is 35.1. The van der Waals surface area contributed by atoms with E-state index in [1.807, 2.05) is 18.2 Å². The van der Waals surface area contributed by atoms with Crippen molar-refractivity contribution in [2.24, 2.45) is 0 Å². The third kappa shape index (κ3) is 10.4. The van der Waals surface area contributed by atoms with Crippen molar-refractivity contribution in [3.63, 3.8) is 0 Å². The Kier molecular flexibility index (Phi) is 13.7. The molecule has 0 bridgehead atoms. The van der Waals surface area contributed by atoms with Crippen molar-refractivity contribution >= 4 is 46.5 Å². The van der Waals surface area contributed by atoms with Crippen molar-refractivity contribution in [3.8, 4) is 11.4 Å². The van der Waals surface area contributed by atoms with Gasteiger partial charge in [0.1, 0.15) is 18.4 Å². The Morgan fingerprint density at radius 1 is 0.800 bits per heavy atom. The van der Waals surface area contributed by atoms with E-state index in [0.29, 0.717) is 54.4 Å². The summed E-state index contributed by atoms with van der Waals surface area (Å²) in [6.07, 6.45) is -4.48. The molecule has 0 aliphatic carbocycles. The molecule has 1 aromatic heterocycles. The highest BCUT2D eigenvalue weighted by Gasteiger charge is 2.44. The molecule has 3 N–H and O–H groups in total. The van der Waals surface area contributed by atoms with Crippen molar-refractivity contribution in [2.45, 2.75) is 38.2 Å². The maximum absolute atomic E-state index is 13.4. The molecule has 0 radical (unpaired) electrons. The summed E-state index contributed by atoms with van der Waals surface area (Å²) in [6.45, 7) is 6.39. The number of piperazine rings is 1. The lowest BCUT2D eigenvalue weighted by Crippen LogP contribution is -2.54. The first-order chi connectivity index (χ1) is 31.4. The summed E-state index contributed by atoms with van der Waals surface area (Å²) in [7, 11) is 0. The zero-order chi connectivity index (χ0) is 45.7. The lowest BCUT2D eigenvalue weighted by Gasteiger charge is -2.34. The molecule has 0 spiro atoms. The number of rotatable bonds is 17. The predicted octanol–water partition coefficient (Wildman–Crippen LogP) is 4.42. The topological polar surface area (TPSA) is 185 Å². The summed E-state index contributed by atoms with van der Waals surface area (Å²) >= 11 is 0. The van der Waals surface area contributed by atoms with Crippen LogP contribution in [0.5, 0.6) is 5.75 Å². The van der Waals surface area contributed by atoms with E-state index < -0.39 is 47.3 Å². The molecule has 1 atom stereocenters. The van der Waals surface area contributed by atoms with Gasteiger partial charge in [0.25, 0.3) is 17.7 Å². The van der Waals surface area contributed by atoms with E-state index >= 15 is 0 Å². The number of carbonyl (C=O) groups excluding carboxylic acids is 5. The summed E-state index contributed by atoms with van der Waals surface area (Å²) in [6, 6.07) is 20.6. The molecule has 5 aromatic rings. The van der Waals surface area contributed by atoms with Crippen LogP contribution in [0.4, 0.5) is 19.1 Å². The summed E-state index contributed by atoms with van der Waals surface area (Å²) in [5.41, 5.74) is 2.85. The Balaban J connectivity index is 0.760. The third-order valence-corrected chi connectivity index (χ3v) is 11.5. The lowest BCUT2D eigenvalue weighted by atomic mass is 10.0. The molecule has 2 fully saturated rings. The Morgan fingerprint density at radius 3 is 2.25 bits per heavy atom. The predicted molar refractivity (Wildman–Crippen MR) is 228 cm³/mol. The first-order valence-corrected chi connectivity index (χ1v) is 21.1. The number of alkyl halides is 3. The number of ether oxygens (including phenoxy) is 3. The Labute approximate surface area is 370 Å². The Morgan fingerprint density at radius 2 is 1.51 bits per heavy atom. The molecule has 4 aromatic carbocycles. The average molecular weight is 898 g/mol. The number of imide groups is 2. The van der Waals surface area contributed by atoms with E-state index in [1.165, 1.54) is 24.3 Å². The van der Waals surface area contributed by atoms with Crippen molar-refractivity contribution in [2.75, 3.05) is 71.1 Å². The number of nitrogens with one attached hydrogen (secondary N) is 2. The third-order valence-electron chi connectivity index (χ3n) is 11.5. The highest BCUT2D eigenvalue weighted by molar-refractivity contribution is 6.23. The largest absolute Gasteiger partial charge is 0.491 e. The number of benzene rings is 4. The van der Waals surface area contributed by atoms with Crippen LogP contribution in [0.3, 0.4) is 0 Å².